The highest BCUT2D eigenvalue weighted by molar-refractivity contribution is 7.18. The van der Waals surface area contributed by atoms with Crippen LogP contribution in [-0.2, 0) is 0 Å². The highest BCUT2D eigenvalue weighted by Gasteiger charge is 2.14. The smallest absolute Gasteiger partial charge is 0.170 e. The van der Waals surface area contributed by atoms with Crippen LogP contribution in [0.15, 0.2) is 52.9 Å². The van der Waals surface area contributed by atoms with E-state index < -0.39 is 5.82 Å². The van der Waals surface area contributed by atoms with E-state index in [1.807, 2.05) is 29.6 Å². The highest BCUT2D eigenvalue weighted by Crippen LogP contribution is 2.35. The van der Waals surface area contributed by atoms with Crippen molar-refractivity contribution in [3.63, 3.8) is 0 Å². The molecule has 3 heterocycles. The quantitative estimate of drug-likeness (QED) is 0.415. The normalized spacial score (nSPS) is 13.5. The van der Waals surface area contributed by atoms with Gasteiger partial charge in [-0.15, -0.1) is 22.0 Å². The second-order valence-corrected chi connectivity index (χ2v) is 7.26. The fourth-order valence-electron chi connectivity index (χ4n) is 2.99. The number of pyridine rings is 1. The molecule has 0 bridgehead atoms. The fraction of sp³-hybridized carbons (Fsp3) is 0. The summed E-state index contributed by atoms with van der Waals surface area (Å²) in [7, 11) is 0. The molecule has 1 aliphatic heterocycles. The Morgan fingerprint density at radius 1 is 1.07 bits per heavy atom. The fourth-order valence-corrected chi connectivity index (χ4v) is 4.10. The van der Waals surface area contributed by atoms with Crippen LogP contribution in [-0.4, -0.2) is 10.8 Å². The first-order valence-corrected chi connectivity index (χ1v) is 9.32. The Bertz CT molecular complexity index is 1220. The standard InChI is InChI=1S/C18H12ClFN6S/c19-13-8-10(2-4-14(13)20)21-18-12-5-6-27-16(12)11-3-1-9(7-15(11)22-18)17-23-25-26-24-17/h1-8,25-26H,(H,21,22)(H,23,24). The van der Waals surface area contributed by atoms with Crippen molar-refractivity contribution in [2.75, 3.05) is 5.32 Å². The molecule has 0 saturated heterocycles. The summed E-state index contributed by atoms with van der Waals surface area (Å²) >= 11 is 7.55. The zero-order valence-electron chi connectivity index (χ0n) is 13.7. The molecule has 4 aromatic rings. The molecule has 0 atom stereocenters. The molecule has 2 aromatic heterocycles. The van der Waals surface area contributed by atoms with Crippen LogP contribution in [0.3, 0.4) is 0 Å². The minimum atomic E-state index is -0.453. The highest BCUT2D eigenvalue weighted by atomic mass is 35.5. The summed E-state index contributed by atoms with van der Waals surface area (Å²) < 4.78 is 14.6. The maximum atomic E-state index is 13.4. The average molecular weight is 399 g/mol. The third-order valence-electron chi connectivity index (χ3n) is 4.26. The summed E-state index contributed by atoms with van der Waals surface area (Å²) in [5.74, 6) is 0.923. The van der Waals surface area contributed by atoms with Crippen molar-refractivity contribution in [1.29, 1.82) is 0 Å². The van der Waals surface area contributed by atoms with Crippen LogP contribution in [0.2, 0.25) is 5.02 Å². The molecular formula is C18H12ClFN6S. The van der Waals surface area contributed by atoms with Crippen molar-refractivity contribution >= 4 is 61.3 Å². The van der Waals surface area contributed by atoms with Gasteiger partial charge < -0.3 is 5.32 Å². The molecule has 27 heavy (non-hydrogen) atoms. The number of halogens is 2. The molecule has 0 unspecified atom stereocenters. The van der Waals surface area contributed by atoms with E-state index in [1.165, 1.54) is 6.07 Å². The number of fused-ring (bicyclic) bond motifs is 3. The van der Waals surface area contributed by atoms with Crippen LogP contribution >= 0.6 is 22.9 Å². The van der Waals surface area contributed by atoms with Gasteiger partial charge in [0.15, 0.2) is 5.84 Å². The summed E-state index contributed by atoms with van der Waals surface area (Å²) in [5.41, 5.74) is 10.7. The van der Waals surface area contributed by atoms with E-state index in [0.29, 0.717) is 17.3 Å². The van der Waals surface area contributed by atoms with Gasteiger partial charge in [0.1, 0.15) is 11.6 Å². The van der Waals surface area contributed by atoms with E-state index in [4.69, 9.17) is 16.6 Å². The molecule has 0 spiro atoms. The number of hydrazine groups is 2. The Morgan fingerprint density at radius 3 is 2.81 bits per heavy atom. The molecular weight excluding hydrogens is 387 g/mol. The van der Waals surface area contributed by atoms with Gasteiger partial charge in [0.25, 0.3) is 0 Å². The molecule has 0 saturated carbocycles. The number of thiophene rings is 1. The first-order valence-electron chi connectivity index (χ1n) is 8.06. The van der Waals surface area contributed by atoms with Crippen LogP contribution in [0.4, 0.5) is 15.9 Å². The lowest BCUT2D eigenvalue weighted by Crippen LogP contribution is -2.35. The minimum Gasteiger partial charge on any atom is -0.340 e. The van der Waals surface area contributed by atoms with E-state index in [1.54, 1.807) is 23.5 Å². The zero-order chi connectivity index (χ0) is 18.4. The minimum absolute atomic E-state index is 0.0648. The van der Waals surface area contributed by atoms with Crippen LogP contribution < -0.4 is 21.8 Å². The third-order valence-corrected chi connectivity index (χ3v) is 5.49. The maximum absolute atomic E-state index is 13.4. The number of anilines is 2. The van der Waals surface area contributed by atoms with Crippen molar-refractivity contribution in [3.05, 3.63) is 64.2 Å². The van der Waals surface area contributed by atoms with Gasteiger partial charge in [-0.3, -0.25) is 5.43 Å². The molecule has 5 rings (SSSR count). The maximum Gasteiger partial charge on any atom is 0.170 e. The summed E-state index contributed by atoms with van der Waals surface area (Å²) in [6.07, 6.45) is 0. The summed E-state index contributed by atoms with van der Waals surface area (Å²) in [6, 6.07) is 12.5. The van der Waals surface area contributed by atoms with Gasteiger partial charge in [0.05, 0.1) is 10.5 Å². The van der Waals surface area contributed by atoms with Gasteiger partial charge in [-0.25, -0.2) is 14.9 Å². The topological polar surface area (TPSA) is 73.4 Å². The number of hydrogen-bond donors (Lipinski definition) is 4. The zero-order valence-corrected chi connectivity index (χ0v) is 15.2. The molecule has 9 heteroatoms. The van der Waals surface area contributed by atoms with Crippen molar-refractivity contribution in [2.45, 2.75) is 0 Å². The predicted octanol–water partition coefficient (Wildman–Crippen LogP) is 4.26. The van der Waals surface area contributed by atoms with Gasteiger partial charge in [0.2, 0.25) is 0 Å². The Hall–Kier alpha value is -2.94. The Labute approximate surface area is 162 Å². The Kier molecular flexibility index (Phi) is 3.82. The molecule has 0 radical (unpaired) electrons. The molecule has 134 valence electrons. The van der Waals surface area contributed by atoms with Crippen LogP contribution in [0.5, 0.6) is 0 Å². The van der Waals surface area contributed by atoms with Crippen molar-refractivity contribution in [3.8, 4) is 0 Å². The Morgan fingerprint density at radius 2 is 2.00 bits per heavy atom. The molecule has 1 aliphatic rings. The van der Waals surface area contributed by atoms with E-state index in [9.17, 15) is 4.39 Å². The third kappa shape index (κ3) is 2.84. The lowest BCUT2D eigenvalue weighted by molar-refractivity contribution is 0.577. The number of rotatable bonds is 3. The Balaban J connectivity index is 1.65. The largest absolute Gasteiger partial charge is 0.340 e. The first-order chi connectivity index (χ1) is 13.2. The summed E-state index contributed by atoms with van der Waals surface area (Å²) in [5, 5.41) is 11.5. The van der Waals surface area contributed by atoms with Gasteiger partial charge in [-0.1, -0.05) is 23.7 Å². The molecule has 4 N–H and O–H groups in total. The number of nitrogens with one attached hydrogen (secondary N) is 4. The lowest BCUT2D eigenvalue weighted by Gasteiger charge is -2.11. The summed E-state index contributed by atoms with van der Waals surface area (Å²) in [4.78, 5) is 4.79. The monoisotopic (exact) mass is 398 g/mol. The van der Waals surface area contributed by atoms with E-state index in [-0.39, 0.29) is 5.02 Å². The number of aromatic nitrogens is 1. The molecule has 0 aliphatic carbocycles. The first kappa shape index (κ1) is 16.2. The lowest BCUT2D eigenvalue weighted by atomic mass is 10.1. The van der Waals surface area contributed by atoms with Crippen LogP contribution in [0.1, 0.15) is 5.56 Å². The average Bonchev–Trinajstić information content (AvgIpc) is 3.36. The van der Waals surface area contributed by atoms with E-state index >= 15 is 0 Å². The van der Waals surface area contributed by atoms with Gasteiger partial charge in [0, 0.05) is 26.7 Å². The molecule has 6 nitrogen and oxygen atoms in total. The van der Waals surface area contributed by atoms with Gasteiger partial charge >= 0.3 is 0 Å². The SMILES string of the molecule is Fc1ccc(Nc2nc3cc(C4=NNNN4)ccc3c3sccc23)cc1Cl. The number of benzene rings is 2. The van der Waals surface area contributed by atoms with Crippen molar-refractivity contribution in [2.24, 2.45) is 5.10 Å². The van der Waals surface area contributed by atoms with Crippen molar-refractivity contribution in [1.82, 2.24) is 21.5 Å². The van der Waals surface area contributed by atoms with E-state index in [2.05, 4.69) is 26.9 Å². The van der Waals surface area contributed by atoms with Crippen molar-refractivity contribution < 1.29 is 4.39 Å². The molecule has 0 amide bonds. The van der Waals surface area contributed by atoms with E-state index in [0.717, 1.165) is 26.6 Å². The van der Waals surface area contributed by atoms with Crippen LogP contribution in [0, 0.1) is 5.82 Å². The second-order valence-electron chi connectivity index (χ2n) is 5.93. The number of nitrogens with zero attached hydrogens (tertiary/aromatic N) is 2. The van der Waals surface area contributed by atoms with Gasteiger partial charge in [-0.2, -0.15) is 0 Å². The summed E-state index contributed by atoms with van der Waals surface area (Å²) in [6.45, 7) is 0. The van der Waals surface area contributed by atoms with Crippen LogP contribution in [0.25, 0.3) is 21.0 Å². The van der Waals surface area contributed by atoms with Gasteiger partial charge in [-0.05, 0) is 35.7 Å². The second kappa shape index (κ2) is 6.34. The number of hydrazone groups is 1. The number of amidine groups is 1. The number of hydrogen-bond acceptors (Lipinski definition) is 7. The molecule has 0 fully saturated rings. The predicted molar refractivity (Wildman–Crippen MR) is 108 cm³/mol. The molecule has 2 aromatic carbocycles.